The number of halogens is 1. The van der Waals surface area contributed by atoms with Crippen molar-refractivity contribution >= 4 is 18.3 Å². The van der Waals surface area contributed by atoms with Gasteiger partial charge < -0.3 is 19.7 Å². The van der Waals surface area contributed by atoms with E-state index in [-0.39, 0.29) is 18.3 Å². The first-order chi connectivity index (χ1) is 11.6. The molecule has 0 saturated carbocycles. The van der Waals surface area contributed by atoms with E-state index in [1.165, 1.54) is 12.8 Å². The van der Waals surface area contributed by atoms with Crippen LogP contribution >= 0.6 is 12.4 Å². The zero-order valence-corrected chi connectivity index (χ0v) is 16.1. The van der Waals surface area contributed by atoms with Crippen LogP contribution in [0.1, 0.15) is 37.7 Å². The van der Waals surface area contributed by atoms with E-state index in [9.17, 15) is 4.79 Å². The lowest BCUT2D eigenvalue weighted by Crippen LogP contribution is -2.48. The van der Waals surface area contributed by atoms with Crippen LogP contribution in [-0.2, 0) is 11.2 Å². The van der Waals surface area contributed by atoms with Gasteiger partial charge in [-0.3, -0.25) is 4.79 Å². The van der Waals surface area contributed by atoms with Gasteiger partial charge in [-0.25, -0.2) is 0 Å². The van der Waals surface area contributed by atoms with Gasteiger partial charge in [0.25, 0.3) is 0 Å². The van der Waals surface area contributed by atoms with Gasteiger partial charge in [0.1, 0.15) is 11.5 Å². The Hall–Kier alpha value is -1.46. The molecule has 2 bridgehead atoms. The Bertz CT molecular complexity index is 562. The molecule has 2 aliphatic heterocycles. The Morgan fingerprint density at radius 1 is 1.12 bits per heavy atom. The molecule has 3 rings (SSSR count). The van der Waals surface area contributed by atoms with Gasteiger partial charge >= 0.3 is 0 Å². The predicted octanol–water partition coefficient (Wildman–Crippen LogP) is 2.80. The Morgan fingerprint density at radius 2 is 1.68 bits per heavy atom. The number of carbonyl (C=O) groups excluding carboxylic acids is 1. The minimum absolute atomic E-state index is 0. The third kappa shape index (κ3) is 4.79. The van der Waals surface area contributed by atoms with Gasteiger partial charge in [-0.15, -0.1) is 12.4 Å². The van der Waals surface area contributed by atoms with E-state index in [1.54, 1.807) is 14.2 Å². The number of fused-ring (bicyclic) bond motifs is 2. The van der Waals surface area contributed by atoms with Crippen LogP contribution in [0.4, 0.5) is 0 Å². The number of nitrogens with one attached hydrogen (secondary N) is 1. The fraction of sp³-hybridized carbons (Fsp3) is 0.632. The van der Waals surface area contributed by atoms with Crippen molar-refractivity contribution < 1.29 is 14.3 Å². The second kappa shape index (κ2) is 8.77. The summed E-state index contributed by atoms with van der Waals surface area (Å²) in [6.45, 7) is 0. The maximum atomic E-state index is 12.6. The largest absolute Gasteiger partial charge is 0.497 e. The zero-order chi connectivity index (χ0) is 17.1. The Balaban J connectivity index is 0.00000225. The Kier molecular flexibility index (Phi) is 6.96. The molecule has 1 aromatic rings. The number of rotatable bonds is 6. The molecule has 0 radical (unpaired) electrons. The number of aryl methyl sites for hydroxylation is 1. The molecule has 0 spiro atoms. The first kappa shape index (κ1) is 19.9. The van der Waals surface area contributed by atoms with Crippen molar-refractivity contribution in [1.82, 2.24) is 10.2 Å². The summed E-state index contributed by atoms with van der Waals surface area (Å²) in [6.07, 6.45) is 5.91. The van der Waals surface area contributed by atoms with Crippen LogP contribution < -0.4 is 14.8 Å². The predicted molar refractivity (Wildman–Crippen MR) is 101 cm³/mol. The molecule has 6 heteroatoms. The standard InChI is InChI=1S/C19H28N2O3.ClH/c1-21(16-10-14-5-6-15(11-16)20-14)19(22)7-4-13-8-17(23-2)12-18(9-13)24-3;/h8-9,12,14-16,20H,4-7,10-11H2,1-3H3;1H. The fourth-order valence-corrected chi connectivity index (χ4v) is 3.99. The first-order valence-electron chi connectivity index (χ1n) is 8.82. The van der Waals surface area contributed by atoms with Crippen LogP contribution in [0.3, 0.4) is 0 Å². The first-order valence-corrected chi connectivity index (χ1v) is 8.82. The molecule has 2 aliphatic rings. The van der Waals surface area contributed by atoms with E-state index in [1.807, 2.05) is 30.1 Å². The van der Waals surface area contributed by atoms with Gasteiger partial charge in [-0.05, 0) is 49.8 Å². The van der Waals surface area contributed by atoms with Crippen LogP contribution in [0.2, 0.25) is 0 Å². The van der Waals surface area contributed by atoms with Gasteiger partial charge in [0.15, 0.2) is 0 Å². The lowest BCUT2D eigenvalue weighted by molar-refractivity contribution is -0.132. The quantitative estimate of drug-likeness (QED) is 0.838. The van der Waals surface area contributed by atoms with Crippen LogP contribution in [0.25, 0.3) is 0 Å². The summed E-state index contributed by atoms with van der Waals surface area (Å²) in [7, 11) is 5.25. The zero-order valence-electron chi connectivity index (χ0n) is 15.3. The molecule has 1 N–H and O–H groups in total. The molecule has 2 atom stereocenters. The van der Waals surface area contributed by atoms with Crippen LogP contribution in [0, 0.1) is 0 Å². The number of carbonyl (C=O) groups is 1. The molecule has 25 heavy (non-hydrogen) atoms. The van der Waals surface area contributed by atoms with Crippen LogP contribution in [0.5, 0.6) is 11.5 Å². The maximum absolute atomic E-state index is 12.6. The van der Waals surface area contributed by atoms with Gasteiger partial charge in [0.2, 0.25) is 5.91 Å². The van der Waals surface area contributed by atoms with Crippen LogP contribution in [-0.4, -0.2) is 50.2 Å². The highest BCUT2D eigenvalue weighted by atomic mass is 35.5. The topological polar surface area (TPSA) is 50.8 Å². The molecule has 2 unspecified atom stereocenters. The maximum Gasteiger partial charge on any atom is 0.222 e. The molecule has 5 nitrogen and oxygen atoms in total. The van der Waals surface area contributed by atoms with Gasteiger partial charge in [0.05, 0.1) is 14.2 Å². The number of amides is 1. The minimum atomic E-state index is 0. The molecule has 0 aliphatic carbocycles. The van der Waals surface area contributed by atoms with Gasteiger partial charge in [0, 0.05) is 37.7 Å². The van der Waals surface area contributed by atoms with Crippen molar-refractivity contribution in [3.05, 3.63) is 23.8 Å². The molecule has 2 saturated heterocycles. The molecular weight excluding hydrogens is 340 g/mol. The highest BCUT2D eigenvalue weighted by Crippen LogP contribution is 2.30. The lowest BCUT2D eigenvalue weighted by Gasteiger charge is -2.35. The molecule has 1 aromatic carbocycles. The number of ether oxygens (including phenoxy) is 2. The van der Waals surface area contributed by atoms with E-state index in [0.29, 0.717) is 31.0 Å². The summed E-state index contributed by atoms with van der Waals surface area (Å²) in [4.78, 5) is 14.6. The van der Waals surface area contributed by atoms with Gasteiger partial charge in [-0.2, -0.15) is 0 Å². The van der Waals surface area contributed by atoms with Crippen molar-refractivity contribution in [2.45, 2.75) is 56.7 Å². The summed E-state index contributed by atoms with van der Waals surface area (Å²) in [5.41, 5.74) is 1.07. The van der Waals surface area contributed by atoms with Gasteiger partial charge in [-0.1, -0.05) is 0 Å². The average molecular weight is 369 g/mol. The summed E-state index contributed by atoms with van der Waals surface area (Å²) in [5, 5.41) is 3.63. The third-order valence-electron chi connectivity index (χ3n) is 5.43. The van der Waals surface area contributed by atoms with Crippen molar-refractivity contribution in [2.24, 2.45) is 0 Å². The Morgan fingerprint density at radius 3 is 2.20 bits per heavy atom. The number of nitrogens with zero attached hydrogens (tertiary/aromatic N) is 1. The van der Waals surface area contributed by atoms with Crippen LogP contribution in [0.15, 0.2) is 18.2 Å². The van der Waals surface area contributed by atoms with Crippen molar-refractivity contribution in [1.29, 1.82) is 0 Å². The van der Waals surface area contributed by atoms with Crippen molar-refractivity contribution in [2.75, 3.05) is 21.3 Å². The number of hydrogen-bond donors (Lipinski definition) is 1. The van der Waals surface area contributed by atoms with Crippen molar-refractivity contribution in [3.8, 4) is 11.5 Å². The Labute approximate surface area is 156 Å². The van der Waals surface area contributed by atoms with E-state index >= 15 is 0 Å². The van der Waals surface area contributed by atoms with E-state index in [0.717, 1.165) is 29.9 Å². The summed E-state index contributed by atoms with van der Waals surface area (Å²) < 4.78 is 10.6. The van der Waals surface area contributed by atoms with E-state index in [2.05, 4.69) is 5.32 Å². The summed E-state index contributed by atoms with van der Waals surface area (Å²) >= 11 is 0. The lowest BCUT2D eigenvalue weighted by atomic mass is 9.98. The highest BCUT2D eigenvalue weighted by molar-refractivity contribution is 5.85. The highest BCUT2D eigenvalue weighted by Gasteiger charge is 2.36. The molecular formula is C19H29ClN2O3. The fourth-order valence-electron chi connectivity index (χ4n) is 3.99. The minimum Gasteiger partial charge on any atom is -0.497 e. The molecule has 0 aromatic heterocycles. The number of benzene rings is 1. The average Bonchev–Trinajstić information content (AvgIpc) is 2.96. The monoisotopic (exact) mass is 368 g/mol. The summed E-state index contributed by atoms with van der Waals surface area (Å²) in [5.74, 6) is 1.75. The number of piperidine rings is 1. The van der Waals surface area contributed by atoms with E-state index in [4.69, 9.17) is 9.47 Å². The second-order valence-corrected chi connectivity index (χ2v) is 6.99. The molecule has 1 amide bonds. The normalized spacial score (nSPS) is 24.4. The third-order valence-corrected chi connectivity index (χ3v) is 5.43. The second-order valence-electron chi connectivity index (χ2n) is 6.99. The SMILES string of the molecule is COc1cc(CCC(=O)N(C)C2CC3CCC(C2)N3)cc(OC)c1.Cl. The number of hydrogen-bond acceptors (Lipinski definition) is 4. The molecule has 2 fully saturated rings. The smallest absolute Gasteiger partial charge is 0.222 e. The van der Waals surface area contributed by atoms with E-state index < -0.39 is 0 Å². The summed E-state index contributed by atoms with van der Waals surface area (Å²) in [6, 6.07) is 7.39. The van der Waals surface area contributed by atoms with Crippen molar-refractivity contribution in [3.63, 3.8) is 0 Å². The molecule has 140 valence electrons. The number of methoxy groups -OCH3 is 2. The molecule has 2 heterocycles.